The lowest BCUT2D eigenvalue weighted by molar-refractivity contribution is -0.149. The number of likely N-dealkylation sites (N-methyl/N-ethyl adjacent to an activating group) is 1. The van der Waals surface area contributed by atoms with Crippen molar-refractivity contribution in [3.63, 3.8) is 0 Å². The van der Waals surface area contributed by atoms with Crippen LogP contribution in [-0.2, 0) is 4.79 Å². The topological polar surface area (TPSA) is 40.5 Å². The first-order valence-corrected chi connectivity index (χ1v) is 5.01. The molecule has 2 aliphatic rings. The van der Waals surface area contributed by atoms with Crippen LogP contribution in [0.1, 0.15) is 32.6 Å². The van der Waals surface area contributed by atoms with Gasteiger partial charge in [-0.15, -0.1) is 0 Å². The lowest BCUT2D eigenvalue weighted by atomic mass is 9.75. The van der Waals surface area contributed by atoms with Crippen molar-refractivity contribution in [1.82, 2.24) is 4.90 Å². The minimum atomic E-state index is -0.640. The van der Waals surface area contributed by atoms with Gasteiger partial charge in [0.2, 0.25) is 5.91 Å². The maximum Gasteiger partial charge on any atom is 0.225 e. The van der Waals surface area contributed by atoms with Crippen molar-refractivity contribution in [3.05, 3.63) is 0 Å². The second kappa shape index (κ2) is 2.71. The van der Waals surface area contributed by atoms with Crippen molar-refractivity contribution in [3.8, 4) is 0 Å². The van der Waals surface area contributed by atoms with E-state index in [4.69, 9.17) is 0 Å². The van der Waals surface area contributed by atoms with Crippen LogP contribution in [-0.4, -0.2) is 34.6 Å². The van der Waals surface area contributed by atoms with Gasteiger partial charge >= 0.3 is 0 Å². The normalized spacial score (nSPS) is 38.2. The van der Waals surface area contributed by atoms with Gasteiger partial charge in [-0.1, -0.05) is 0 Å². The molecule has 1 amide bonds. The molecular formula is C10H17NO2. The molecule has 2 fully saturated rings. The summed E-state index contributed by atoms with van der Waals surface area (Å²) in [7, 11) is 1.82. The summed E-state index contributed by atoms with van der Waals surface area (Å²) in [6.45, 7) is 1.82. The Morgan fingerprint density at radius 2 is 2.08 bits per heavy atom. The molecule has 0 bridgehead atoms. The number of hydrogen-bond acceptors (Lipinski definition) is 2. The third-order valence-corrected chi connectivity index (χ3v) is 3.38. The van der Waals surface area contributed by atoms with Gasteiger partial charge in [-0.2, -0.15) is 0 Å². The number of nitrogens with zero attached hydrogens (tertiary/aromatic N) is 1. The Morgan fingerprint density at radius 1 is 1.46 bits per heavy atom. The van der Waals surface area contributed by atoms with Crippen molar-refractivity contribution in [1.29, 1.82) is 0 Å². The van der Waals surface area contributed by atoms with Crippen molar-refractivity contribution in [2.75, 3.05) is 7.05 Å². The Morgan fingerprint density at radius 3 is 2.38 bits per heavy atom. The summed E-state index contributed by atoms with van der Waals surface area (Å²) < 4.78 is 0. The molecule has 0 heterocycles. The average molecular weight is 183 g/mol. The molecule has 0 spiro atoms. The molecule has 2 saturated carbocycles. The second-order valence-electron chi connectivity index (χ2n) is 4.64. The molecule has 1 N–H and O–H groups in total. The molecule has 13 heavy (non-hydrogen) atoms. The molecule has 0 aromatic heterocycles. The van der Waals surface area contributed by atoms with Crippen molar-refractivity contribution >= 4 is 5.91 Å². The minimum absolute atomic E-state index is 0.0561. The van der Waals surface area contributed by atoms with E-state index < -0.39 is 5.60 Å². The van der Waals surface area contributed by atoms with Gasteiger partial charge in [0.1, 0.15) is 0 Å². The highest BCUT2D eigenvalue weighted by Gasteiger charge is 2.46. The summed E-state index contributed by atoms with van der Waals surface area (Å²) in [5.41, 5.74) is -0.640. The zero-order valence-corrected chi connectivity index (χ0v) is 8.29. The van der Waals surface area contributed by atoms with Crippen molar-refractivity contribution in [2.24, 2.45) is 5.92 Å². The van der Waals surface area contributed by atoms with Crippen LogP contribution in [0, 0.1) is 5.92 Å². The Bertz CT molecular complexity index is 233. The fourth-order valence-electron chi connectivity index (χ4n) is 2.07. The van der Waals surface area contributed by atoms with Gasteiger partial charge in [0.05, 0.1) is 11.6 Å². The van der Waals surface area contributed by atoms with Crippen LogP contribution in [0.15, 0.2) is 0 Å². The monoisotopic (exact) mass is 183 g/mol. The third-order valence-electron chi connectivity index (χ3n) is 3.38. The summed E-state index contributed by atoms with van der Waals surface area (Å²) in [5, 5.41) is 9.80. The second-order valence-corrected chi connectivity index (χ2v) is 4.64. The fourth-order valence-corrected chi connectivity index (χ4v) is 2.07. The number of carbonyl (C=O) groups is 1. The lowest BCUT2D eigenvalue weighted by Gasteiger charge is -2.47. The first-order chi connectivity index (χ1) is 6.02. The predicted molar refractivity (Wildman–Crippen MR) is 49.1 cm³/mol. The summed E-state index contributed by atoms with van der Waals surface area (Å²) in [4.78, 5) is 13.4. The zero-order valence-electron chi connectivity index (χ0n) is 8.29. The van der Waals surface area contributed by atoms with Crippen LogP contribution in [0.3, 0.4) is 0 Å². The minimum Gasteiger partial charge on any atom is -0.388 e. The number of amides is 1. The van der Waals surface area contributed by atoms with Crippen LogP contribution in [0.4, 0.5) is 0 Å². The molecule has 0 unspecified atom stereocenters. The summed E-state index contributed by atoms with van der Waals surface area (Å²) >= 11 is 0. The summed E-state index contributed by atoms with van der Waals surface area (Å²) in [6.07, 6.45) is 3.85. The van der Waals surface area contributed by atoms with Gasteiger partial charge in [0.25, 0.3) is 0 Å². The maximum atomic E-state index is 11.6. The molecule has 0 aliphatic heterocycles. The highest BCUT2D eigenvalue weighted by atomic mass is 16.3. The van der Waals surface area contributed by atoms with Gasteiger partial charge in [-0.25, -0.2) is 0 Å². The van der Waals surface area contributed by atoms with Crippen LogP contribution >= 0.6 is 0 Å². The van der Waals surface area contributed by atoms with E-state index in [9.17, 15) is 9.90 Å². The highest BCUT2D eigenvalue weighted by molar-refractivity contribution is 5.81. The van der Waals surface area contributed by atoms with Gasteiger partial charge in [-0.05, 0) is 32.6 Å². The predicted octanol–water partition coefficient (Wildman–Crippen LogP) is 0.768. The van der Waals surface area contributed by atoms with Gasteiger partial charge in [0.15, 0.2) is 0 Å². The summed E-state index contributed by atoms with van der Waals surface area (Å²) in [6, 6.07) is 0.0561. The van der Waals surface area contributed by atoms with Crippen LogP contribution < -0.4 is 0 Å². The molecule has 2 aliphatic carbocycles. The molecule has 0 saturated heterocycles. The van der Waals surface area contributed by atoms with E-state index in [0.29, 0.717) is 0 Å². The van der Waals surface area contributed by atoms with E-state index in [1.807, 2.05) is 14.0 Å². The Labute approximate surface area is 78.7 Å². The van der Waals surface area contributed by atoms with E-state index in [1.54, 1.807) is 4.90 Å². The highest BCUT2D eigenvalue weighted by Crippen LogP contribution is 2.38. The van der Waals surface area contributed by atoms with E-state index in [2.05, 4.69) is 0 Å². The standard InChI is InChI=1S/C10H17NO2/c1-10(13)6-5-8(10)11(2)9(12)7-3-4-7/h7-8,13H,3-6H2,1-2H3/t8-,10-/m1/s1. The smallest absolute Gasteiger partial charge is 0.225 e. The molecule has 0 radical (unpaired) electrons. The number of hydrogen-bond donors (Lipinski definition) is 1. The maximum absolute atomic E-state index is 11.6. The van der Waals surface area contributed by atoms with E-state index in [-0.39, 0.29) is 17.9 Å². The molecule has 74 valence electrons. The molecule has 3 nitrogen and oxygen atoms in total. The van der Waals surface area contributed by atoms with Gasteiger partial charge in [-0.3, -0.25) is 4.79 Å². The number of aliphatic hydroxyl groups is 1. The molecular weight excluding hydrogens is 166 g/mol. The zero-order chi connectivity index (χ0) is 9.64. The third kappa shape index (κ3) is 1.46. The van der Waals surface area contributed by atoms with Gasteiger partial charge in [0, 0.05) is 13.0 Å². The van der Waals surface area contributed by atoms with Crippen LogP contribution in [0.2, 0.25) is 0 Å². The molecule has 2 rings (SSSR count). The lowest BCUT2D eigenvalue weighted by Crippen LogP contribution is -2.59. The Balaban J connectivity index is 1.96. The number of rotatable bonds is 2. The molecule has 3 heteroatoms. The largest absolute Gasteiger partial charge is 0.388 e. The Kier molecular flexibility index (Phi) is 1.88. The Hall–Kier alpha value is -0.570. The number of carbonyl (C=O) groups excluding carboxylic acids is 1. The SMILES string of the molecule is CN(C(=O)C1CC1)[C@@H]1CC[C@@]1(C)O. The molecule has 0 aromatic carbocycles. The van der Waals surface area contributed by atoms with Crippen LogP contribution in [0.5, 0.6) is 0 Å². The van der Waals surface area contributed by atoms with Crippen molar-refractivity contribution in [2.45, 2.75) is 44.2 Å². The van der Waals surface area contributed by atoms with E-state index in [0.717, 1.165) is 25.7 Å². The molecule has 2 atom stereocenters. The first kappa shape index (κ1) is 9.00. The quantitative estimate of drug-likeness (QED) is 0.687. The van der Waals surface area contributed by atoms with Crippen LogP contribution in [0.25, 0.3) is 0 Å². The van der Waals surface area contributed by atoms with Crippen molar-refractivity contribution < 1.29 is 9.90 Å². The van der Waals surface area contributed by atoms with E-state index in [1.165, 1.54) is 0 Å². The average Bonchev–Trinajstić information content (AvgIpc) is 2.83. The first-order valence-electron chi connectivity index (χ1n) is 5.01. The summed E-state index contributed by atoms with van der Waals surface area (Å²) in [5.74, 6) is 0.492. The molecule has 0 aromatic rings. The fraction of sp³-hybridized carbons (Fsp3) is 0.900. The van der Waals surface area contributed by atoms with Gasteiger partial charge < -0.3 is 10.0 Å². The van der Waals surface area contributed by atoms with E-state index >= 15 is 0 Å².